The molecule has 3 heteroatoms. The van der Waals surface area contributed by atoms with Gasteiger partial charge >= 0.3 is 0 Å². The minimum atomic E-state index is 0.752. The van der Waals surface area contributed by atoms with E-state index in [-0.39, 0.29) is 0 Å². The molecule has 0 amide bonds. The number of ether oxygens (including phenoxy) is 1. The first-order chi connectivity index (χ1) is 8.86. The van der Waals surface area contributed by atoms with Crippen LogP contribution in [0.5, 0.6) is 0 Å². The summed E-state index contributed by atoms with van der Waals surface area (Å²) in [6, 6.07) is 7.81. The summed E-state index contributed by atoms with van der Waals surface area (Å²) >= 11 is 6.06. The summed E-state index contributed by atoms with van der Waals surface area (Å²) in [7, 11) is 0. The summed E-state index contributed by atoms with van der Waals surface area (Å²) in [6.45, 7) is 2.49. The first-order valence-electron chi connectivity index (χ1n) is 6.92. The van der Waals surface area contributed by atoms with Crippen molar-refractivity contribution in [3.8, 4) is 0 Å². The highest BCUT2D eigenvalue weighted by atomic mass is 35.5. The largest absolute Gasteiger partial charge is 0.382 e. The molecule has 18 heavy (non-hydrogen) atoms. The molecule has 1 fully saturated rings. The van der Waals surface area contributed by atoms with Crippen LogP contribution in [0, 0.1) is 5.92 Å². The Morgan fingerprint density at radius 1 is 1.17 bits per heavy atom. The number of para-hydroxylation sites is 1. The zero-order valence-corrected chi connectivity index (χ0v) is 11.6. The first-order valence-corrected chi connectivity index (χ1v) is 7.30. The highest BCUT2D eigenvalue weighted by Crippen LogP contribution is 2.23. The lowest BCUT2D eigenvalue weighted by Crippen LogP contribution is -2.17. The van der Waals surface area contributed by atoms with Gasteiger partial charge in [0.2, 0.25) is 0 Å². The summed E-state index contributed by atoms with van der Waals surface area (Å²) in [4.78, 5) is 0. The summed E-state index contributed by atoms with van der Waals surface area (Å²) in [6.07, 6.45) is 6.86. The molecule has 0 heterocycles. The highest BCUT2D eigenvalue weighted by Gasteiger charge is 2.12. The van der Waals surface area contributed by atoms with Crippen molar-refractivity contribution in [1.29, 1.82) is 0 Å². The van der Waals surface area contributed by atoms with E-state index in [2.05, 4.69) is 5.32 Å². The molecule has 1 saturated carbocycles. The number of hydrogen-bond donors (Lipinski definition) is 1. The van der Waals surface area contributed by atoms with Crippen LogP contribution in [0.25, 0.3) is 0 Å². The second kappa shape index (κ2) is 7.65. The number of benzene rings is 1. The molecule has 0 radical (unpaired) electrons. The number of anilines is 1. The highest BCUT2D eigenvalue weighted by molar-refractivity contribution is 6.33. The minimum Gasteiger partial charge on any atom is -0.382 e. The fourth-order valence-electron chi connectivity index (χ4n) is 2.47. The van der Waals surface area contributed by atoms with Crippen molar-refractivity contribution in [3.63, 3.8) is 0 Å². The molecule has 0 aliphatic heterocycles. The van der Waals surface area contributed by atoms with Crippen LogP contribution >= 0.6 is 11.6 Å². The van der Waals surface area contributed by atoms with E-state index in [1.165, 1.54) is 32.1 Å². The molecule has 1 N–H and O–H groups in total. The van der Waals surface area contributed by atoms with Gasteiger partial charge in [-0.1, -0.05) is 43.0 Å². The van der Waals surface area contributed by atoms with E-state index in [4.69, 9.17) is 16.3 Å². The van der Waals surface area contributed by atoms with Crippen LogP contribution in [0.4, 0.5) is 5.69 Å². The van der Waals surface area contributed by atoms with Gasteiger partial charge in [-0.2, -0.15) is 0 Å². The zero-order valence-electron chi connectivity index (χ0n) is 10.8. The van der Waals surface area contributed by atoms with Crippen LogP contribution in [0.15, 0.2) is 24.3 Å². The topological polar surface area (TPSA) is 21.3 Å². The van der Waals surface area contributed by atoms with E-state index in [0.29, 0.717) is 0 Å². The molecule has 2 nitrogen and oxygen atoms in total. The fraction of sp³-hybridized carbons (Fsp3) is 0.600. The molecular formula is C15H22ClNO. The predicted molar refractivity (Wildman–Crippen MR) is 77.3 cm³/mol. The van der Waals surface area contributed by atoms with Crippen molar-refractivity contribution < 1.29 is 4.74 Å². The molecule has 100 valence electrons. The average Bonchev–Trinajstić information content (AvgIpc) is 2.42. The first kappa shape index (κ1) is 13.7. The van der Waals surface area contributed by atoms with Crippen LogP contribution in [-0.4, -0.2) is 19.8 Å². The molecular weight excluding hydrogens is 246 g/mol. The Morgan fingerprint density at radius 3 is 2.72 bits per heavy atom. The van der Waals surface area contributed by atoms with Crippen molar-refractivity contribution in [2.24, 2.45) is 5.92 Å². The lowest BCUT2D eigenvalue weighted by Gasteiger charge is -2.21. The van der Waals surface area contributed by atoms with Crippen LogP contribution in [0.2, 0.25) is 5.02 Å². The van der Waals surface area contributed by atoms with E-state index >= 15 is 0 Å². The van der Waals surface area contributed by atoms with Gasteiger partial charge in [0, 0.05) is 13.2 Å². The van der Waals surface area contributed by atoms with E-state index < -0.39 is 0 Å². The van der Waals surface area contributed by atoms with Gasteiger partial charge < -0.3 is 10.1 Å². The lowest BCUT2D eigenvalue weighted by atomic mass is 9.90. The Bertz CT molecular complexity index is 350. The predicted octanol–water partition coefficient (Wildman–Crippen LogP) is 4.35. The van der Waals surface area contributed by atoms with E-state index in [1.54, 1.807) is 0 Å². The number of nitrogens with one attached hydrogen (secondary N) is 1. The third-order valence-corrected chi connectivity index (χ3v) is 3.84. The maximum absolute atomic E-state index is 6.06. The van der Waals surface area contributed by atoms with Crippen LogP contribution < -0.4 is 5.32 Å². The second-order valence-corrected chi connectivity index (χ2v) is 5.39. The third kappa shape index (κ3) is 4.51. The molecule has 0 spiro atoms. The van der Waals surface area contributed by atoms with Gasteiger partial charge in [0.05, 0.1) is 17.3 Å². The molecule has 0 atom stereocenters. The third-order valence-electron chi connectivity index (χ3n) is 3.51. The Kier molecular flexibility index (Phi) is 5.82. The van der Waals surface area contributed by atoms with Crippen LogP contribution in [0.1, 0.15) is 32.1 Å². The number of rotatable bonds is 6. The fourth-order valence-corrected chi connectivity index (χ4v) is 2.67. The average molecular weight is 268 g/mol. The maximum atomic E-state index is 6.06. The van der Waals surface area contributed by atoms with Gasteiger partial charge in [-0.3, -0.25) is 0 Å². The number of halogens is 1. The van der Waals surface area contributed by atoms with Crippen molar-refractivity contribution in [2.45, 2.75) is 32.1 Å². The van der Waals surface area contributed by atoms with E-state index in [0.717, 1.165) is 36.4 Å². The van der Waals surface area contributed by atoms with Crippen LogP contribution in [0.3, 0.4) is 0 Å². The Hall–Kier alpha value is -0.730. The van der Waals surface area contributed by atoms with Gasteiger partial charge in [-0.25, -0.2) is 0 Å². The van der Waals surface area contributed by atoms with Crippen LogP contribution in [-0.2, 0) is 4.74 Å². The summed E-state index contributed by atoms with van der Waals surface area (Å²) in [5, 5.41) is 4.06. The van der Waals surface area contributed by atoms with Crippen molar-refractivity contribution in [3.05, 3.63) is 29.3 Å². The molecule has 1 aliphatic rings. The molecule has 1 aromatic carbocycles. The lowest BCUT2D eigenvalue weighted by molar-refractivity contribution is 0.0924. The van der Waals surface area contributed by atoms with E-state index in [1.807, 2.05) is 24.3 Å². The second-order valence-electron chi connectivity index (χ2n) is 4.99. The smallest absolute Gasteiger partial charge is 0.0639 e. The molecule has 1 aliphatic carbocycles. The Labute approximate surface area is 115 Å². The normalized spacial score (nSPS) is 16.7. The van der Waals surface area contributed by atoms with Gasteiger partial charge in [0.1, 0.15) is 0 Å². The van der Waals surface area contributed by atoms with Gasteiger partial charge in [0.25, 0.3) is 0 Å². The molecule has 0 saturated heterocycles. The summed E-state index contributed by atoms with van der Waals surface area (Å²) in [5.74, 6) is 0.791. The summed E-state index contributed by atoms with van der Waals surface area (Å²) < 4.78 is 5.73. The molecule has 0 bridgehead atoms. The molecule has 0 unspecified atom stereocenters. The summed E-state index contributed by atoms with van der Waals surface area (Å²) in [5.41, 5.74) is 0.987. The Morgan fingerprint density at radius 2 is 1.94 bits per heavy atom. The van der Waals surface area contributed by atoms with Crippen molar-refractivity contribution >= 4 is 17.3 Å². The molecule has 1 aromatic rings. The molecule has 0 aromatic heterocycles. The minimum absolute atomic E-state index is 0.752. The van der Waals surface area contributed by atoms with Gasteiger partial charge in [-0.15, -0.1) is 0 Å². The van der Waals surface area contributed by atoms with E-state index in [9.17, 15) is 0 Å². The number of hydrogen-bond acceptors (Lipinski definition) is 2. The molecule has 2 rings (SSSR count). The van der Waals surface area contributed by atoms with Gasteiger partial charge in [-0.05, 0) is 30.9 Å². The quantitative estimate of drug-likeness (QED) is 0.774. The maximum Gasteiger partial charge on any atom is 0.0639 e. The standard InChI is InChI=1S/C15H22ClNO/c16-14-8-4-5-9-15(14)17-10-11-18-12-13-6-2-1-3-7-13/h4-5,8-9,13,17H,1-3,6-7,10-12H2. The SMILES string of the molecule is Clc1ccccc1NCCOCC1CCCCC1. The Balaban J connectivity index is 1.57. The monoisotopic (exact) mass is 267 g/mol. The van der Waals surface area contributed by atoms with Crippen molar-refractivity contribution in [1.82, 2.24) is 0 Å². The van der Waals surface area contributed by atoms with Crippen molar-refractivity contribution in [2.75, 3.05) is 25.1 Å². The zero-order chi connectivity index (χ0) is 12.6. The van der Waals surface area contributed by atoms with Gasteiger partial charge in [0.15, 0.2) is 0 Å².